The van der Waals surface area contributed by atoms with E-state index in [4.69, 9.17) is 9.47 Å². The van der Waals surface area contributed by atoms with E-state index in [0.717, 1.165) is 25.8 Å². The van der Waals surface area contributed by atoms with Crippen molar-refractivity contribution in [1.82, 2.24) is 5.32 Å². The largest absolute Gasteiger partial charge is 0.354 e. The Balaban J connectivity index is 4.20. The number of nitrogens with one attached hydrogen (secondary N) is 1. The summed E-state index contributed by atoms with van der Waals surface area (Å²) in [7, 11) is 3.34. The molecule has 3 nitrogen and oxygen atoms in total. The first-order valence-electron chi connectivity index (χ1n) is 5.65. The van der Waals surface area contributed by atoms with E-state index in [2.05, 4.69) is 25.7 Å². The molecule has 0 aliphatic carbocycles. The van der Waals surface area contributed by atoms with Crippen LogP contribution >= 0.6 is 0 Å². The Kier molecular flexibility index (Phi) is 8.67. The first-order chi connectivity index (χ1) is 7.19. The fourth-order valence-electron chi connectivity index (χ4n) is 1.47. The molecule has 1 N–H and O–H groups in total. The molecular formula is C12H25NO2. The van der Waals surface area contributed by atoms with Gasteiger partial charge in [-0.3, -0.25) is 0 Å². The van der Waals surface area contributed by atoms with Gasteiger partial charge in [0.15, 0.2) is 6.29 Å². The van der Waals surface area contributed by atoms with Crippen LogP contribution in [-0.2, 0) is 9.47 Å². The zero-order valence-corrected chi connectivity index (χ0v) is 10.5. The third kappa shape index (κ3) is 5.92. The van der Waals surface area contributed by atoms with E-state index in [9.17, 15) is 0 Å². The maximum absolute atomic E-state index is 5.28. The van der Waals surface area contributed by atoms with E-state index in [-0.39, 0.29) is 12.3 Å². The van der Waals surface area contributed by atoms with Gasteiger partial charge in [0, 0.05) is 14.2 Å². The summed E-state index contributed by atoms with van der Waals surface area (Å²) in [6, 6.07) is 0.201. The van der Waals surface area contributed by atoms with Gasteiger partial charge < -0.3 is 14.8 Å². The lowest BCUT2D eigenvalue weighted by Gasteiger charge is -2.26. The maximum Gasteiger partial charge on any atom is 0.172 e. The van der Waals surface area contributed by atoms with E-state index >= 15 is 0 Å². The Morgan fingerprint density at radius 1 is 1.27 bits per heavy atom. The Bertz CT molecular complexity index is 167. The number of methoxy groups -OCH3 is 2. The summed E-state index contributed by atoms with van der Waals surface area (Å²) < 4.78 is 10.6. The van der Waals surface area contributed by atoms with E-state index in [0.29, 0.717) is 0 Å². The van der Waals surface area contributed by atoms with Gasteiger partial charge in [0.1, 0.15) is 0 Å². The molecule has 0 heterocycles. The molecule has 0 spiro atoms. The monoisotopic (exact) mass is 215 g/mol. The van der Waals surface area contributed by atoms with Crippen LogP contribution in [0.4, 0.5) is 0 Å². The van der Waals surface area contributed by atoms with Crippen LogP contribution < -0.4 is 5.32 Å². The zero-order valence-electron chi connectivity index (χ0n) is 10.5. The minimum atomic E-state index is -0.195. The standard InChI is InChI=1S/C12H25NO2/c1-6-8-13-11(9-10(3)7-2)12(14-4)15-5/h11-13H,3,6-9H2,1-2,4-5H3. The van der Waals surface area contributed by atoms with E-state index in [1.165, 1.54) is 5.57 Å². The van der Waals surface area contributed by atoms with Crippen LogP contribution in [-0.4, -0.2) is 33.1 Å². The van der Waals surface area contributed by atoms with Crippen LogP contribution in [0.3, 0.4) is 0 Å². The molecule has 0 rings (SSSR count). The summed E-state index contributed by atoms with van der Waals surface area (Å²) in [6.45, 7) is 9.26. The lowest BCUT2D eigenvalue weighted by atomic mass is 10.0. The molecular weight excluding hydrogens is 190 g/mol. The van der Waals surface area contributed by atoms with Crippen molar-refractivity contribution in [1.29, 1.82) is 0 Å². The fourth-order valence-corrected chi connectivity index (χ4v) is 1.47. The van der Waals surface area contributed by atoms with Crippen molar-refractivity contribution in [2.45, 2.75) is 45.4 Å². The quantitative estimate of drug-likeness (QED) is 0.473. The second-order valence-corrected chi connectivity index (χ2v) is 3.71. The molecule has 90 valence electrons. The Labute approximate surface area is 93.8 Å². The topological polar surface area (TPSA) is 30.5 Å². The molecule has 0 radical (unpaired) electrons. The average molecular weight is 215 g/mol. The van der Waals surface area contributed by atoms with Crippen LogP contribution in [0.1, 0.15) is 33.1 Å². The minimum absolute atomic E-state index is 0.195. The smallest absolute Gasteiger partial charge is 0.172 e. The van der Waals surface area contributed by atoms with Crippen molar-refractivity contribution in [3.05, 3.63) is 12.2 Å². The molecule has 3 heteroatoms. The van der Waals surface area contributed by atoms with Gasteiger partial charge in [-0.15, -0.1) is 0 Å². The second-order valence-electron chi connectivity index (χ2n) is 3.71. The molecule has 0 aromatic rings. The molecule has 15 heavy (non-hydrogen) atoms. The third-order valence-corrected chi connectivity index (χ3v) is 2.46. The lowest BCUT2D eigenvalue weighted by Crippen LogP contribution is -2.42. The Morgan fingerprint density at radius 2 is 1.87 bits per heavy atom. The van der Waals surface area contributed by atoms with Crippen molar-refractivity contribution in [2.24, 2.45) is 0 Å². The predicted molar refractivity (Wildman–Crippen MR) is 63.9 cm³/mol. The molecule has 0 fully saturated rings. The molecule has 0 aliphatic rings. The molecule has 0 bridgehead atoms. The minimum Gasteiger partial charge on any atom is -0.354 e. The highest BCUT2D eigenvalue weighted by Gasteiger charge is 2.20. The van der Waals surface area contributed by atoms with Crippen LogP contribution in [0, 0.1) is 0 Å². The van der Waals surface area contributed by atoms with Crippen molar-refractivity contribution in [3.8, 4) is 0 Å². The van der Waals surface area contributed by atoms with Gasteiger partial charge in [-0.2, -0.15) is 0 Å². The van der Waals surface area contributed by atoms with Crippen molar-refractivity contribution in [3.63, 3.8) is 0 Å². The van der Waals surface area contributed by atoms with Crippen LogP contribution in [0.2, 0.25) is 0 Å². The molecule has 0 aromatic carbocycles. The summed E-state index contributed by atoms with van der Waals surface area (Å²) in [6.07, 6.45) is 2.82. The second kappa shape index (κ2) is 8.89. The SMILES string of the molecule is C=C(CC)CC(NCCC)C(OC)OC. The van der Waals surface area contributed by atoms with Crippen molar-refractivity contribution >= 4 is 0 Å². The number of ether oxygens (including phenoxy) is 2. The van der Waals surface area contributed by atoms with Gasteiger partial charge in [-0.25, -0.2) is 0 Å². The fraction of sp³-hybridized carbons (Fsp3) is 0.833. The van der Waals surface area contributed by atoms with Crippen molar-refractivity contribution in [2.75, 3.05) is 20.8 Å². The third-order valence-electron chi connectivity index (χ3n) is 2.46. The molecule has 0 amide bonds. The van der Waals surface area contributed by atoms with E-state index in [1.54, 1.807) is 14.2 Å². The van der Waals surface area contributed by atoms with Gasteiger partial charge in [0.25, 0.3) is 0 Å². The highest BCUT2D eigenvalue weighted by atomic mass is 16.7. The number of rotatable bonds is 9. The molecule has 0 aromatic heterocycles. The molecule has 0 saturated heterocycles. The average Bonchev–Trinajstić information content (AvgIpc) is 2.26. The van der Waals surface area contributed by atoms with Gasteiger partial charge in [-0.1, -0.05) is 26.0 Å². The van der Waals surface area contributed by atoms with E-state index in [1.807, 2.05) is 0 Å². The molecule has 0 aliphatic heterocycles. The predicted octanol–water partition coefficient (Wildman–Crippen LogP) is 2.33. The van der Waals surface area contributed by atoms with Crippen LogP contribution in [0.5, 0.6) is 0 Å². The maximum atomic E-state index is 5.28. The summed E-state index contributed by atoms with van der Waals surface area (Å²) in [4.78, 5) is 0. The Morgan fingerprint density at radius 3 is 2.27 bits per heavy atom. The van der Waals surface area contributed by atoms with Gasteiger partial charge in [-0.05, 0) is 25.8 Å². The lowest BCUT2D eigenvalue weighted by molar-refractivity contribution is -0.122. The molecule has 1 unspecified atom stereocenters. The van der Waals surface area contributed by atoms with Gasteiger partial charge in [0.2, 0.25) is 0 Å². The first-order valence-corrected chi connectivity index (χ1v) is 5.65. The zero-order chi connectivity index (χ0) is 11.7. The molecule has 0 saturated carbocycles. The number of hydrogen-bond acceptors (Lipinski definition) is 3. The van der Waals surface area contributed by atoms with Gasteiger partial charge in [0.05, 0.1) is 6.04 Å². The normalized spacial score (nSPS) is 13.1. The summed E-state index contributed by atoms with van der Waals surface area (Å²) >= 11 is 0. The van der Waals surface area contributed by atoms with E-state index < -0.39 is 0 Å². The number of hydrogen-bond donors (Lipinski definition) is 1. The highest BCUT2D eigenvalue weighted by Crippen LogP contribution is 2.12. The summed E-state index contributed by atoms with van der Waals surface area (Å²) in [5.41, 5.74) is 1.22. The molecule has 1 atom stereocenters. The van der Waals surface area contributed by atoms with Crippen LogP contribution in [0.25, 0.3) is 0 Å². The summed E-state index contributed by atoms with van der Waals surface area (Å²) in [5.74, 6) is 0. The highest BCUT2D eigenvalue weighted by molar-refractivity contribution is 4.97. The first kappa shape index (κ1) is 14.6. The summed E-state index contributed by atoms with van der Waals surface area (Å²) in [5, 5.41) is 3.43. The van der Waals surface area contributed by atoms with Gasteiger partial charge >= 0.3 is 0 Å². The van der Waals surface area contributed by atoms with Crippen molar-refractivity contribution < 1.29 is 9.47 Å². The Hall–Kier alpha value is -0.380. The van der Waals surface area contributed by atoms with Crippen LogP contribution in [0.15, 0.2) is 12.2 Å².